The largest absolute Gasteiger partial charge is 0.461 e. The number of likely N-dealkylation sites (tertiary alicyclic amines) is 1. The van der Waals surface area contributed by atoms with Crippen LogP contribution >= 0.6 is 0 Å². The fourth-order valence-corrected chi connectivity index (χ4v) is 3.56. The molecule has 1 unspecified atom stereocenters. The van der Waals surface area contributed by atoms with Gasteiger partial charge in [-0.2, -0.15) is 0 Å². The summed E-state index contributed by atoms with van der Waals surface area (Å²) < 4.78 is 25.5. The summed E-state index contributed by atoms with van der Waals surface area (Å²) in [6.45, 7) is 4.50. The van der Waals surface area contributed by atoms with E-state index in [1.807, 2.05) is 6.92 Å². The molecule has 9 nitrogen and oxygen atoms in total. The predicted molar refractivity (Wildman–Crippen MR) is 114 cm³/mol. The number of hydrogen-bond acceptors (Lipinski definition) is 7. The van der Waals surface area contributed by atoms with Gasteiger partial charge in [0.15, 0.2) is 5.69 Å². The molecule has 2 amide bonds. The van der Waals surface area contributed by atoms with Gasteiger partial charge in [0.2, 0.25) is 11.6 Å². The second kappa shape index (κ2) is 8.91. The van der Waals surface area contributed by atoms with E-state index in [0.29, 0.717) is 24.9 Å². The highest BCUT2D eigenvalue weighted by atomic mass is 19.1. The first kappa shape index (κ1) is 21.7. The molecule has 4 rings (SSSR count). The number of benzene rings is 1. The lowest BCUT2D eigenvalue weighted by Gasteiger charge is -2.16. The number of oxazole rings is 1. The average molecular weight is 442 g/mol. The summed E-state index contributed by atoms with van der Waals surface area (Å²) in [5.74, 6) is -1.19. The van der Waals surface area contributed by atoms with Crippen molar-refractivity contribution in [3.05, 3.63) is 41.3 Å². The first-order valence-corrected chi connectivity index (χ1v) is 10.4. The van der Waals surface area contributed by atoms with Crippen LogP contribution in [0.3, 0.4) is 0 Å². The van der Waals surface area contributed by atoms with Gasteiger partial charge in [0.25, 0.3) is 0 Å². The number of rotatable bonds is 5. The van der Waals surface area contributed by atoms with E-state index in [1.165, 1.54) is 23.1 Å². The number of carbonyl (C=O) groups excluding carboxylic acids is 2. The molecule has 0 aliphatic carbocycles. The summed E-state index contributed by atoms with van der Waals surface area (Å²) in [7, 11) is 0. The lowest BCUT2D eigenvalue weighted by Crippen LogP contribution is -2.33. The molecule has 2 aromatic heterocycles. The number of aromatic nitrogens is 2. The number of halogens is 1. The Hall–Kier alpha value is -3.53. The van der Waals surface area contributed by atoms with Crippen LogP contribution < -0.4 is 5.32 Å². The van der Waals surface area contributed by atoms with Crippen LogP contribution in [0.25, 0.3) is 22.7 Å². The third kappa shape index (κ3) is 4.26. The van der Waals surface area contributed by atoms with E-state index in [4.69, 9.17) is 9.15 Å². The monoisotopic (exact) mass is 442 g/mol. The van der Waals surface area contributed by atoms with Crippen molar-refractivity contribution < 1.29 is 28.2 Å². The molecule has 1 aromatic carbocycles. The summed E-state index contributed by atoms with van der Waals surface area (Å²) in [6, 6.07) is 5.35. The van der Waals surface area contributed by atoms with Crippen molar-refractivity contribution in [3.63, 3.8) is 0 Å². The van der Waals surface area contributed by atoms with Crippen molar-refractivity contribution >= 4 is 28.9 Å². The Morgan fingerprint density at radius 1 is 1.31 bits per heavy atom. The number of β-amino-alcohol motifs (C(OH)–C–C–N with tert-alkyl or cyclic N) is 1. The molecule has 0 saturated carbocycles. The third-order valence-electron chi connectivity index (χ3n) is 5.21. The average Bonchev–Trinajstić information content (AvgIpc) is 3.39. The maximum absolute atomic E-state index is 14.8. The van der Waals surface area contributed by atoms with E-state index in [1.54, 1.807) is 13.0 Å². The van der Waals surface area contributed by atoms with Gasteiger partial charge in [-0.05, 0) is 49.6 Å². The van der Waals surface area contributed by atoms with Crippen molar-refractivity contribution in [1.29, 1.82) is 0 Å². The van der Waals surface area contributed by atoms with Gasteiger partial charge in [-0.1, -0.05) is 6.92 Å². The zero-order valence-corrected chi connectivity index (χ0v) is 17.7. The molecule has 0 bridgehead atoms. The summed E-state index contributed by atoms with van der Waals surface area (Å²) in [5, 5.41) is 12.2. The number of hydrogen-bond donors (Lipinski definition) is 2. The molecule has 3 aromatic rings. The van der Waals surface area contributed by atoms with Crippen LogP contribution in [0.15, 0.2) is 28.7 Å². The SMILES string of the molecule is CCOC(=O)c1cc(CC)c2nc(-c3ccc(NC(=O)N4CCC(O)C4)cc3F)oc2n1. The Balaban J connectivity index is 1.61. The summed E-state index contributed by atoms with van der Waals surface area (Å²) in [4.78, 5) is 34.3. The van der Waals surface area contributed by atoms with Crippen molar-refractivity contribution in [2.24, 2.45) is 0 Å². The number of nitrogens with one attached hydrogen (secondary N) is 1. The lowest BCUT2D eigenvalue weighted by atomic mass is 10.1. The van der Waals surface area contributed by atoms with Gasteiger partial charge >= 0.3 is 12.0 Å². The lowest BCUT2D eigenvalue weighted by molar-refractivity contribution is 0.0519. The van der Waals surface area contributed by atoms with Gasteiger partial charge in [-0.3, -0.25) is 0 Å². The van der Waals surface area contributed by atoms with Gasteiger partial charge in [0.05, 0.1) is 18.3 Å². The molecular weight excluding hydrogens is 419 g/mol. The molecule has 1 saturated heterocycles. The Morgan fingerprint density at radius 3 is 2.78 bits per heavy atom. The minimum atomic E-state index is -0.639. The highest BCUT2D eigenvalue weighted by Crippen LogP contribution is 2.29. The number of aliphatic hydroxyl groups is 1. The number of ether oxygens (including phenoxy) is 1. The van der Waals surface area contributed by atoms with Gasteiger partial charge in [0.1, 0.15) is 11.3 Å². The topological polar surface area (TPSA) is 118 Å². The number of pyridine rings is 1. The molecule has 0 spiro atoms. The number of aryl methyl sites for hydroxylation is 1. The molecule has 2 N–H and O–H groups in total. The van der Waals surface area contributed by atoms with Crippen molar-refractivity contribution in [2.45, 2.75) is 32.8 Å². The third-order valence-corrected chi connectivity index (χ3v) is 5.21. The smallest absolute Gasteiger partial charge is 0.357 e. The normalized spacial score (nSPS) is 15.9. The molecule has 10 heteroatoms. The molecule has 1 fully saturated rings. The molecule has 0 radical (unpaired) electrons. The van der Waals surface area contributed by atoms with Gasteiger partial charge < -0.3 is 24.5 Å². The Morgan fingerprint density at radius 2 is 2.12 bits per heavy atom. The number of amides is 2. The maximum atomic E-state index is 14.8. The number of aliphatic hydroxyl groups excluding tert-OH is 1. The van der Waals surface area contributed by atoms with Crippen molar-refractivity contribution in [1.82, 2.24) is 14.9 Å². The fourth-order valence-electron chi connectivity index (χ4n) is 3.56. The second-order valence-electron chi connectivity index (χ2n) is 7.43. The van der Waals surface area contributed by atoms with Crippen molar-refractivity contribution in [3.8, 4) is 11.5 Å². The number of esters is 1. The van der Waals surface area contributed by atoms with Crippen LogP contribution in [0.2, 0.25) is 0 Å². The van der Waals surface area contributed by atoms with Crippen molar-refractivity contribution in [2.75, 3.05) is 25.0 Å². The maximum Gasteiger partial charge on any atom is 0.357 e. The first-order chi connectivity index (χ1) is 15.4. The number of urea groups is 1. The first-order valence-electron chi connectivity index (χ1n) is 10.4. The number of anilines is 1. The van der Waals surface area contributed by atoms with E-state index in [9.17, 15) is 19.1 Å². The highest BCUT2D eigenvalue weighted by Gasteiger charge is 2.25. The molecule has 168 valence electrons. The van der Waals surface area contributed by atoms with E-state index in [-0.39, 0.29) is 41.7 Å². The van der Waals surface area contributed by atoms with E-state index < -0.39 is 23.9 Å². The fraction of sp³-hybridized carbons (Fsp3) is 0.364. The van der Waals surface area contributed by atoms with Crippen LogP contribution in [0.1, 0.15) is 36.3 Å². The minimum absolute atomic E-state index is 0.0150. The van der Waals surface area contributed by atoms with Crippen LogP contribution in [0.4, 0.5) is 14.9 Å². The Bertz CT molecular complexity index is 1180. The quantitative estimate of drug-likeness (QED) is 0.582. The zero-order chi connectivity index (χ0) is 22.8. The van der Waals surface area contributed by atoms with Gasteiger partial charge in [-0.15, -0.1) is 0 Å². The highest BCUT2D eigenvalue weighted by molar-refractivity contribution is 5.91. The predicted octanol–water partition coefficient (Wildman–Crippen LogP) is 3.37. The van der Waals surface area contributed by atoms with Gasteiger partial charge in [-0.25, -0.2) is 23.9 Å². The molecule has 32 heavy (non-hydrogen) atoms. The molecule has 1 aliphatic rings. The summed E-state index contributed by atoms with van der Waals surface area (Å²) in [6.07, 6.45) is 0.546. The Kier molecular flexibility index (Phi) is 6.04. The zero-order valence-electron chi connectivity index (χ0n) is 17.7. The van der Waals surface area contributed by atoms with Crippen LogP contribution in [0.5, 0.6) is 0 Å². The molecule has 1 atom stereocenters. The van der Waals surface area contributed by atoms with E-state index >= 15 is 0 Å². The Labute approximate surface area is 183 Å². The van der Waals surface area contributed by atoms with Crippen LogP contribution in [-0.2, 0) is 11.2 Å². The summed E-state index contributed by atoms with van der Waals surface area (Å²) in [5.41, 5.74) is 1.75. The van der Waals surface area contributed by atoms with E-state index in [2.05, 4.69) is 15.3 Å². The van der Waals surface area contributed by atoms with E-state index in [0.717, 1.165) is 5.56 Å². The standard InChI is InChI=1S/C22H23FN4O5/c1-3-12-9-17(21(29)31-4-2)25-20-18(12)26-19(32-20)15-6-5-13(10-16(15)23)24-22(30)27-8-7-14(28)11-27/h5-6,9-10,14,28H,3-4,7-8,11H2,1-2H3,(H,24,30). The number of nitrogens with zero attached hydrogens (tertiary/aromatic N) is 3. The summed E-state index contributed by atoms with van der Waals surface area (Å²) >= 11 is 0. The molecule has 1 aliphatic heterocycles. The number of fused-ring (bicyclic) bond motifs is 1. The second-order valence-corrected chi connectivity index (χ2v) is 7.43. The minimum Gasteiger partial charge on any atom is -0.461 e. The molecular formula is C22H23FN4O5. The number of carbonyl (C=O) groups is 2. The van der Waals surface area contributed by atoms with Crippen LogP contribution in [-0.4, -0.2) is 57.8 Å². The molecule has 3 heterocycles. The van der Waals surface area contributed by atoms with Gasteiger partial charge in [0, 0.05) is 18.8 Å². The van der Waals surface area contributed by atoms with Crippen LogP contribution in [0, 0.1) is 5.82 Å².